The second kappa shape index (κ2) is 16.6. The van der Waals surface area contributed by atoms with Gasteiger partial charge in [0.2, 0.25) is 0 Å². The molecule has 0 saturated heterocycles. The number of benzene rings is 2. The Morgan fingerprint density at radius 1 is 0.559 bits per heavy atom. The third-order valence-electron chi connectivity index (χ3n) is 7.24. The molecule has 34 heavy (non-hydrogen) atoms. The number of hydrogen-bond donors (Lipinski definition) is 0. The summed E-state index contributed by atoms with van der Waals surface area (Å²) in [5, 5.41) is 0. The Kier molecular flexibility index (Phi) is 13.8. The van der Waals surface area contributed by atoms with Crippen molar-refractivity contribution >= 4 is 0 Å². The minimum absolute atomic E-state index is 0.418. The van der Waals surface area contributed by atoms with Crippen molar-refractivity contribution in [3.05, 3.63) is 58.7 Å². The van der Waals surface area contributed by atoms with Gasteiger partial charge in [0.05, 0.1) is 14.2 Å². The molecule has 0 unspecified atom stereocenters. The van der Waals surface area contributed by atoms with E-state index in [4.69, 9.17) is 9.47 Å². The molecule has 2 rings (SSSR count). The Morgan fingerprint density at radius 2 is 0.941 bits per heavy atom. The van der Waals surface area contributed by atoms with Crippen LogP contribution in [0.15, 0.2) is 36.4 Å². The standard InChI is InChI=1S/C32H50O2/c1-6-7-8-9-10-11-12-13-14-15-16-17-18-19-30(28-20-22-31(33-4)26(2)24-28)29-21-23-32(34-5)27(3)25-29/h20-25,30H,6-19H2,1-5H3. The van der Waals surface area contributed by atoms with Crippen molar-refractivity contribution in [2.24, 2.45) is 0 Å². The van der Waals surface area contributed by atoms with E-state index in [9.17, 15) is 0 Å². The van der Waals surface area contributed by atoms with Crippen LogP contribution in [0, 0.1) is 13.8 Å². The lowest BCUT2D eigenvalue weighted by molar-refractivity contribution is 0.411. The molecule has 0 radical (unpaired) electrons. The van der Waals surface area contributed by atoms with Crippen LogP contribution in [0.2, 0.25) is 0 Å². The van der Waals surface area contributed by atoms with Crippen LogP contribution < -0.4 is 9.47 Å². The van der Waals surface area contributed by atoms with E-state index in [0.29, 0.717) is 5.92 Å². The third kappa shape index (κ3) is 9.72. The van der Waals surface area contributed by atoms with Gasteiger partial charge >= 0.3 is 0 Å². The second-order valence-corrected chi connectivity index (χ2v) is 10.0. The molecule has 2 heteroatoms. The Balaban J connectivity index is 1.81. The molecule has 0 bridgehead atoms. The number of methoxy groups -OCH3 is 2. The average Bonchev–Trinajstić information content (AvgIpc) is 2.84. The highest BCUT2D eigenvalue weighted by Gasteiger charge is 2.16. The number of unbranched alkanes of at least 4 members (excludes halogenated alkanes) is 12. The van der Waals surface area contributed by atoms with Gasteiger partial charge in [0.15, 0.2) is 0 Å². The molecule has 0 aliphatic carbocycles. The number of rotatable bonds is 18. The Labute approximate surface area is 210 Å². The molecule has 0 N–H and O–H groups in total. The van der Waals surface area contributed by atoms with Crippen molar-refractivity contribution < 1.29 is 9.47 Å². The zero-order valence-corrected chi connectivity index (χ0v) is 22.8. The van der Waals surface area contributed by atoms with Crippen LogP contribution in [0.25, 0.3) is 0 Å². The van der Waals surface area contributed by atoms with Gasteiger partial charge < -0.3 is 9.47 Å². The Morgan fingerprint density at radius 3 is 1.29 bits per heavy atom. The third-order valence-corrected chi connectivity index (χ3v) is 7.24. The van der Waals surface area contributed by atoms with Crippen molar-refractivity contribution in [1.82, 2.24) is 0 Å². The monoisotopic (exact) mass is 466 g/mol. The van der Waals surface area contributed by atoms with Gasteiger partial charge in [-0.15, -0.1) is 0 Å². The quantitative estimate of drug-likeness (QED) is 0.203. The van der Waals surface area contributed by atoms with E-state index < -0.39 is 0 Å². The summed E-state index contributed by atoms with van der Waals surface area (Å²) in [6.07, 6.45) is 19.3. The smallest absolute Gasteiger partial charge is 0.121 e. The first-order chi connectivity index (χ1) is 16.6. The number of ether oxygens (including phenoxy) is 2. The van der Waals surface area contributed by atoms with Crippen LogP contribution in [0.4, 0.5) is 0 Å². The summed E-state index contributed by atoms with van der Waals surface area (Å²) in [6.45, 7) is 6.58. The fraction of sp³-hybridized carbons (Fsp3) is 0.625. The van der Waals surface area contributed by atoms with Crippen molar-refractivity contribution in [3.63, 3.8) is 0 Å². The first-order valence-corrected chi connectivity index (χ1v) is 13.9. The van der Waals surface area contributed by atoms with Gasteiger partial charge in [-0.25, -0.2) is 0 Å². The Bertz CT molecular complexity index is 757. The van der Waals surface area contributed by atoms with Crippen molar-refractivity contribution in [1.29, 1.82) is 0 Å². The van der Waals surface area contributed by atoms with Gasteiger partial charge in [-0.05, 0) is 54.7 Å². The van der Waals surface area contributed by atoms with Gasteiger partial charge in [-0.1, -0.05) is 115 Å². The lowest BCUT2D eigenvalue weighted by atomic mass is 9.85. The lowest BCUT2D eigenvalue weighted by Crippen LogP contribution is -2.04. The van der Waals surface area contributed by atoms with E-state index in [1.807, 2.05) is 0 Å². The minimum atomic E-state index is 0.418. The zero-order chi connectivity index (χ0) is 24.6. The van der Waals surface area contributed by atoms with Crippen LogP contribution >= 0.6 is 0 Å². The predicted octanol–water partition coefficient (Wildman–Crippen LogP) is 9.93. The normalized spacial score (nSPS) is 11.2. The van der Waals surface area contributed by atoms with Crippen LogP contribution in [-0.2, 0) is 0 Å². The van der Waals surface area contributed by atoms with Crippen molar-refractivity contribution in [2.45, 2.75) is 117 Å². The lowest BCUT2D eigenvalue weighted by Gasteiger charge is -2.21. The number of hydrogen-bond acceptors (Lipinski definition) is 2. The van der Waals surface area contributed by atoms with Crippen LogP contribution in [0.1, 0.15) is 125 Å². The molecule has 0 heterocycles. The topological polar surface area (TPSA) is 18.5 Å². The highest BCUT2D eigenvalue weighted by molar-refractivity contribution is 5.44. The van der Waals surface area contributed by atoms with E-state index in [1.54, 1.807) is 14.2 Å². The molecule has 2 nitrogen and oxygen atoms in total. The van der Waals surface area contributed by atoms with Gasteiger partial charge in [-0.3, -0.25) is 0 Å². The maximum atomic E-state index is 5.50. The van der Waals surface area contributed by atoms with Crippen LogP contribution in [0.3, 0.4) is 0 Å². The van der Waals surface area contributed by atoms with Gasteiger partial charge in [0.1, 0.15) is 11.5 Å². The van der Waals surface area contributed by atoms with Gasteiger partial charge in [-0.2, -0.15) is 0 Å². The van der Waals surface area contributed by atoms with Crippen LogP contribution in [0.5, 0.6) is 11.5 Å². The van der Waals surface area contributed by atoms with E-state index in [0.717, 1.165) is 11.5 Å². The molecule has 2 aromatic rings. The second-order valence-electron chi connectivity index (χ2n) is 10.0. The zero-order valence-electron chi connectivity index (χ0n) is 22.8. The molecule has 0 spiro atoms. The molecule has 0 aromatic heterocycles. The van der Waals surface area contributed by atoms with E-state index >= 15 is 0 Å². The molecule has 190 valence electrons. The van der Waals surface area contributed by atoms with Gasteiger partial charge in [0.25, 0.3) is 0 Å². The summed E-state index contributed by atoms with van der Waals surface area (Å²) in [5.41, 5.74) is 5.20. The van der Waals surface area contributed by atoms with Crippen molar-refractivity contribution in [2.75, 3.05) is 14.2 Å². The summed E-state index contributed by atoms with van der Waals surface area (Å²) in [5.74, 6) is 2.35. The maximum absolute atomic E-state index is 5.50. The summed E-state index contributed by atoms with van der Waals surface area (Å²) < 4.78 is 11.0. The summed E-state index contributed by atoms with van der Waals surface area (Å²) in [6, 6.07) is 13.4. The first-order valence-electron chi connectivity index (χ1n) is 13.9. The SMILES string of the molecule is CCCCCCCCCCCCCCCC(c1ccc(OC)c(C)c1)c1ccc(OC)c(C)c1. The molecule has 2 aromatic carbocycles. The molecular formula is C32H50O2. The van der Waals surface area contributed by atoms with Gasteiger partial charge in [0, 0.05) is 5.92 Å². The molecule has 0 aliphatic rings. The van der Waals surface area contributed by atoms with E-state index in [1.165, 1.54) is 112 Å². The largest absolute Gasteiger partial charge is 0.496 e. The molecule has 0 amide bonds. The average molecular weight is 467 g/mol. The molecule has 0 aliphatic heterocycles. The fourth-order valence-corrected chi connectivity index (χ4v) is 5.13. The molecular weight excluding hydrogens is 416 g/mol. The van der Waals surface area contributed by atoms with E-state index in [2.05, 4.69) is 57.2 Å². The predicted molar refractivity (Wildman–Crippen MR) is 148 cm³/mol. The molecule has 0 atom stereocenters. The summed E-state index contributed by atoms with van der Waals surface area (Å²) in [4.78, 5) is 0. The summed E-state index contributed by atoms with van der Waals surface area (Å²) >= 11 is 0. The minimum Gasteiger partial charge on any atom is -0.496 e. The molecule has 0 saturated carbocycles. The highest BCUT2D eigenvalue weighted by Crippen LogP contribution is 2.34. The highest BCUT2D eigenvalue weighted by atomic mass is 16.5. The maximum Gasteiger partial charge on any atom is 0.121 e. The summed E-state index contributed by atoms with van der Waals surface area (Å²) in [7, 11) is 3.50. The van der Waals surface area contributed by atoms with E-state index in [-0.39, 0.29) is 0 Å². The number of aryl methyl sites for hydroxylation is 2. The molecule has 0 fully saturated rings. The van der Waals surface area contributed by atoms with Crippen molar-refractivity contribution in [3.8, 4) is 11.5 Å². The Hall–Kier alpha value is -1.96. The fourth-order valence-electron chi connectivity index (χ4n) is 5.13. The first kappa shape index (κ1) is 28.3. The van der Waals surface area contributed by atoms with Crippen LogP contribution in [-0.4, -0.2) is 14.2 Å².